The largest absolute Gasteiger partial charge is 0.506 e. The van der Waals surface area contributed by atoms with E-state index in [1.807, 2.05) is 0 Å². The van der Waals surface area contributed by atoms with Crippen molar-refractivity contribution in [2.75, 3.05) is 5.73 Å². The molecule has 0 aliphatic heterocycles. The first-order chi connectivity index (χ1) is 7.65. The summed E-state index contributed by atoms with van der Waals surface area (Å²) in [6, 6.07) is 10.2. The van der Waals surface area contributed by atoms with Crippen molar-refractivity contribution in [2.45, 2.75) is 0 Å². The second-order valence-electron chi connectivity index (χ2n) is 3.28. The Bertz CT molecular complexity index is 514. The molecule has 0 heterocycles. The lowest BCUT2D eigenvalue weighted by atomic mass is 10.3. The molecular weight excluding hydrogens is 209 g/mol. The zero-order valence-electron chi connectivity index (χ0n) is 8.35. The van der Waals surface area contributed by atoms with E-state index in [2.05, 4.69) is 0 Å². The van der Waals surface area contributed by atoms with E-state index in [-0.39, 0.29) is 17.3 Å². The molecule has 3 nitrogen and oxygen atoms in total. The smallest absolute Gasteiger partial charge is 0.138 e. The lowest BCUT2D eigenvalue weighted by Crippen LogP contribution is -1.89. The van der Waals surface area contributed by atoms with Crippen LogP contribution in [0.3, 0.4) is 0 Å². The number of ether oxygens (including phenoxy) is 1. The van der Waals surface area contributed by atoms with Crippen molar-refractivity contribution in [3.05, 3.63) is 48.3 Å². The summed E-state index contributed by atoms with van der Waals surface area (Å²) in [7, 11) is 0. The highest BCUT2D eigenvalue weighted by Crippen LogP contribution is 2.28. The first-order valence-electron chi connectivity index (χ1n) is 4.67. The molecule has 3 N–H and O–H groups in total. The molecule has 0 aromatic heterocycles. The van der Waals surface area contributed by atoms with E-state index in [9.17, 15) is 9.50 Å². The van der Waals surface area contributed by atoms with E-state index < -0.39 is 0 Å². The quantitative estimate of drug-likeness (QED) is 0.603. The fourth-order valence-corrected chi connectivity index (χ4v) is 1.26. The lowest BCUT2D eigenvalue weighted by molar-refractivity contribution is 0.464. The van der Waals surface area contributed by atoms with Gasteiger partial charge in [-0.25, -0.2) is 4.39 Å². The number of hydrogen-bond donors (Lipinski definition) is 2. The summed E-state index contributed by atoms with van der Waals surface area (Å²) in [6.45, 7) is 0. The highest BCUT2D eigenvalue weighted by atomic mass is 19.1. The zero-order valence-corrected chi connectivity index (χ0v) is 8.35. The third-order valence-corrected chi connectivity index (χ3v) is 2.03. The van der Waals surface area contributed by atoms with Crippen molar-refractivity contribution >= 4 is 5.69 Å². The van der Waals surface area contributed by atoms with Gasteiger partial charge in [0, 0.05) is 12.1 Å². The molecule has 0 bridgehead atoms. The predicted octanol–water partition coefficient (Wildman–Crippen LogP) is 2.91. The van der Waals surface area contributed by atoms with E-state index in [4.69, 9.17) is 10.5 Å². The Kier molecular flexibility index (Phi) is 2.64. The van der Waals surface area contributed by atoms with Crippen molar-refractivity contribution in [1.29, 1.82) is 0 Å². The van der Waals surface area contributed by atoms with E-state index >= 15 is 0 Å². The molecule has 0 amide bonds. The number of benzene rings is 2. The maximum atomic E-state index is 12.9. The number of phenolic OH excluding ortho intramolecular Hbond substituents is 1. The van der Waals surface area contributed by atoms with Gasteiger partial charge >= 0.3 is 0 Å². The summed E-state index contributed by atoms with van der Waals surface area (Å²) in [5, 5.41) is 9.21. The van der Waals surface area contributed by atoms with Crippen LogP contribution in [0.1, 0.15) is 0 Å². The van der Waals surface area contributed by atoms with Crippen LogP contribution in [0.5, 0.6) is 17.2 Å². The molecule has 0 spiro atoms. The van der Waals surface area contributed by atoms with Gasteiger partial charge in [-0.15, -0.1) is 0 Å². The number of rotatable bonds is 2. The van der Waals surface area contributed by atoms with E-state index in [1.165, 1.54) is 24.3 Å². The van der Waals surface area contributed by atoms with E-state index in [0.717, 1.165) is 0 Å². The number of phenols is 1. The van der Waals surface area contributed by atoms with Gasteiger partial charge in [0.1, 0.15) is 23.1 Å². The normalized spacial score (nSPS) is 10.1. The Labute approximate surface area is 91.9 Å². The Morgan fingerprint density at radius 2 is 1.81 bits per heavy atom. The van der Waals surface area contributed by atoms with Gasteiger partial charge in [-0.2, -0.15) is 0 Å². The molecule has 4 heteroatoms. The monoisotopic (exact) mass is 219 g/mol. The van der Waals surface area contributed by atoms with Gasteiger partial charge in [0.25, 0.3) is 0 Å². The summed E-state index contributed by atoms with van der Waals surface area (Å²) in [4.78, 5) is 0. The minimum absolute atomic E-state index is 0.00778. The molecule has 0 aliphatic carbocycles. The molecule has 82 valence electrons. The number of nitrogens with two attached hydrogens (primary N) is 1. The van der Waals surface area contributed by atoms with Crippen molar-refractivity contribution in [1.82, 2.24) is 0 Å². The van der Waals surface area contributed by atoms with Crippen molar-refractivity contribution < 1.29 is 14.2 Å². The first-order valence-corrected chi connectivity index (χ1v) is 4.67. The summed E-state index contributed by atoms with van der Waals surface area (Å²) >= 11 is 0. The molecule has 0 aliphatic rings. The van der Waals surface area contributed by atoms with Gasteiger partial charge < -0.3 is 15.6 Å². The van der Waals surface area contributed by atoms with Gasteiger partial charge in [0.05, 0.1) is 5.69 Å². The molecule has 2 rings (SSSR count). The fraction of sp³-hybridized carbons (Fsp3) is 0. The van der Waals surface area contributed by atoms with Crippen LogP contribution < -0.4 is 10.5 Å². The minimum Gasteiger partial charge on any atom is -0.506 e. The van der Waals surface area contributed by atoms with Crippen molar-refractivity contribution in [3.63, 3.8) is 0 Å². The number of halogens is 1. The Morgan fingerprint density at radius 3 is 2.50 bits per heavy atom. The molecule has 0 atom stereocenters. The van der Waals surface area contributed by atoms with Crippen LogP contribution in [0.25, 0.3) is 0 Å². The summed E-state index contributed by atoms with van der Waals surface area (Å²) in [5.74, 6) is 0.446. The highest BCUT2D eigenvalue weighted by molar-refractivity contribution is 5.55. The summed E-state index contributed by atoms with van der Waals surface area (Å²) in [6.07, 6.45) is 0. The number of hydrogen-bond acceptors (Lipinski definition) is 3. The lowest BCUT2D eigenvalue weighted by Gasteiger charge is -2.06. The average molecular weight is 219 g/mol. The van der Waals surface area contributed by atoms with Gasteiger partial charge in [-0.1, -0.05) is 6.07 Å². The van der Waals surface area contributed by atoms with Crippen LogP contribution in [0.4, 0.5) is 10.1 Å². The molecule has 0 unspecified atom stereocenters. The predicted molar refractivity (Wildman–Crippen MR) is 59.0 cm³/mol. The highest BCUT2D eigenvalue weighted by Gasteiger charge is 2.02. The van der Waals surface area contributed by atoms with Crippen LogP contribution >= 0.6 is 0 Å². The fourth-order valence-electron chi connectivity index (χ4n) is 1.26. The van der Waals surface area contributed by atoms with Gasteiger partial charge in [-0.3, -0.25) is 0 Å². The minimum atomic E-state index is -0.371. The van der Waals surface area contributed by atoms with Crippen LogP contribution in [0.15, 0.2) is 42.5 Å². The Hall–Kier alpha value is -2.23. The molecule has 0 saturated carbocycles. The number of aromatic hydroxyl groups is 1. The maximum absolute atomic E-state index is 12.9. The van der Waals surface area contributed by atoms with Crippen molar-refractivity contribution in [2.24, 2.45) is 0 Å². The number of nitrogen functional groups attached to an aromatic ring is 1. The van der Waals surface area contributed by atoms with E-state index in [0.29, 0.717) is 11.5 Å². The molecule has 2 aromatic rings. The second-order valence-corrected chi connectivity index (χ2v) is 3.28. The molecule has 2 aromatic carbocycles. The van der Waals surface area contributed by atoms with Crippen LogP contribution in [0, 0.1) is 5.82 Å². The molecular formula is C12H10FNO2. The SMILES string of the molecule is Nc1cc(Oc2cccc(F)c2)ccc1O. The third kappa shape index (κ3) is 2.23. The van der Waals surface area contributed by atoms with Crippen LogP contribution in [-0.4, -0.2) is 5.11 Å². The van der Waals surface area contributed by atoms with Gasteiger partial charge in [0.2, 0.25) is 0 Å². The summed E-state index contributed by atoms with van der Waals surface area (Å²) < 4.78 is 18.2. The van der Waals surface area contributed by atoms with E-state index in [1.54, 1.807) is 18.2 Å². The average Bonchev–Trinajstić information content (AvgIpc) is 2.24. The molecule has 16 heavy (non-hydrogen) atoms. The van der Waals surface area contributed by atoms with Crippen LogP contribution in [0.2, 0.25) is 0 Å². The molecule has 0 fully saturated rings. The Morgan fingerprint density at radius 1 is 1.06 bits per heavy atom. The summed E-state index contributed by atoms with van der Waals surface area (Å²) in [5.41, 5.74) is 5.72. The van der Waals surface area contributed by atoms with Crippen LogP contribution in [-0.2, 0) is 0 Å². The third-order valence-electron chi connectivity index (χ3n) is 2.03. The standard InChI is InChI=1S/C12H10FNO2/c13-8-2-1-3-9(6-8)16-10-4-5-12(15)11(14)7-10/h1-7,15H,14H2. The molecule has 0 saturated heterocycles. The molecule has 0 radical (unpaired) electrons. The second kappa shape index (κ2) is 4.10. The van der Waals surface area contributed by atoms with Crippen molar-refractivity contribution in [3.8, 4) is 17.2 Å². The topological polar surface area (TPSA) is 55.5 Å². The first kappa shape index (κ1) is 10.3. The number of anilines is 1. The van der Waals surface area contributed by atoms with Gasteiger partial charge in [-0.05, 0) is 24.3 Å². The zero-order chi connectivity index (χ0) is 11.5. The maximum Gasteiger partial charge on any atom is 0.138 e. The van der Waals surface area contributed by atoms with Gasteiger partial charge in [0.15, 0.2) is 0 Å². The Balaban J connectivity index is 2.24.